The van der Waals surface area contributed by atoms with Gasteiger partial charge in [0.05, 0.1) is 12.6 Å². The van der Waals surface area contributed by atoms with E-state index in [1.165, 1.54) is 12.0 Å². The summed E-state index contributed by atoms with van der Waals surface area (Å²) >= 11 is 0. The Balaban J connectivity index is 3.11. The van der Waals surface area contributed by atoms with Crippen LogP contribution in [0.2, 0.25) is 0 Å². The van der Waals surface area contributed by atoms with Crippen LogP contribution in [0.15, 0.2) is 24.3 Å². The Kier molecular flexibility index (Phi) is 7.20. The number of unbranched alkanes of at least 4 members (excludes halogenated alkanes) is 1. The fraction of sp³-hybridized carbons (Fsp3) is 0.667. The van der Waals surface area contributed by atoms with Gasteiger partial charge in [-0.15, -0.1) is 0 Å². The average Bonchev–Trinajstić information content (AvgIpc) is 2.53. The van der Waals surface area contributed by atoms with Crippen molar-refractivity contribution < 1.29 is 4.74 Å². The number of nitrogens with zero attached hydrogens (tertiary/aromatic N) is 1. The van der Waals surface area contributed by atoms with Gasteiger partial charge >= 0.3 is 0 Å². The van der Waals surface area contributed by atoms with E-state index in [9.17, 15) is 0 Å². The van der Waals surface area contributed by atoms with Gasteiger partial charge in [-0.3, -0.25) is 4.90 Å². The predicted octanol–water partition coefficient (Wildman–Crippen LogP) is 3.77. The molecule has 0 amide bonds. The zero-order chi connectivity index (χ0) is 15.9. The molecular formula is C18H32N2O. The number of likely N-dealkylation sites (N-methyl/N-ethyl adjacent to an activating group) is 1. The van der Waals surface area contributed by atoms with Crippen molar-refractivity contribution in [2.45, 2.75) is 58.5 Å². The molecule has 3 heteroatoms. The maximum absolute atomic E-state index is 6.91. The minimum Gasteiger partial charge on any atom is -0.497 e. The molecule has 0 aliphatic rings. The number of nitrogens with two attached hydrogens (primary N) is 1. The Morgan fingerprint density at radius 3 is 2.14 bits per heavy atom. The van der Waals surface area contributed by atoms with Crippen LogP contribution < -0.4 is 10.5 Å². The molecule has 0 heterocycles. The van der Waals surface area contributed by atoms with E-state index < -0.39 is 0 Å². The normalized spacial score (nSPS) is 15.8. The lowest BCUT2D eigenvalue weighted by Crippen LogP contribution is -2.54. The quantitative estimate of drug-likeness (QED) is 0.753. The van der Waals surface area contributed by atoms with Gasteiger partial charge < -0.3 is 10.5 Å². The van der Waals surface area contributed by atoms with Gasteiger partial charge in [-0.2, -0.15) is 0 Å². The first kappa shape index (κ1) is 18.0. The minimum absolute atomic E-state index is 0.311. The zero-order valence-corrected chi connectivity index (χ0v) is 14.4. The van der Waals surface area contributed by atoms with E-state index in [1.54, 1.807) is 7.11 Å². The summed E-state index contributed by atoms with van der Waals surface area (Å²) in [5.74, 6) is 0.882. The number of rotatable bonds is 9. The molecule has 0 aliphatic carbocycles. The van der Waals surface area contributed by atoms with E-state index in [0.29, 0.717) is 6.04 Å². The third kappa shape index (κ3) is 4.21. The first-order chi connectivity index (χ1) is 10.0. The maximum Gasteiger partial charge on any atom is 0.118 e. The second kappa shape index (κ2) is 8.40. The van der Waals surface area contributed by atoms with Gasteiger partial charge in [0, 0.05) is 6.04 Å². The van der Waals surface area contributed by atoms with E-state index in [1.807, 2.05) is 12.1 Å². The molecular weight excluding hydrogens is 260 g/mol. The number of benzene rings is 1. The lowest BCUT2D eigenvalue weighted by atomic mass is 9.79. The van der Waals surface area contributed by atoms with Crippen LogP contribution in [0.3, 0.4) is 0 Å². The minimum atomic E-state index is -0.311. The average molecular weight is 292 g/mol. The molecule has 2 N–H and O–H groups in total. The van der Waals surface area contributed by atoms with Crippen molar-refractivity contribution in [3.05, 3.63) is 29.8 Å². The molecule has 0 radical (unpaired) electrons. The number of methoxy groups -OCH3 is 1. The summed E-state index contributed by atoms with van der Waals surface area (Å²) in [6, 6.07) is 8.58. The molecule has 2 unspecified atom stereocenters. The highest BCUT2D eigenvalue weighted by Gasteiger charge is 2.35. The molecule has 1 aromatic carbocycles. The lowest BCUT2D eigenvalue weighted by molar-refractivity contribution is 0.134. The molecule has 0 aromatic heterocycles. The number of hydrogen-bond donors (Lipinski definition) is 1. The molecule has 3 nitrogen and oxygen atoms in total. The zero-order valence-electron chi connectivity index (χ0n) is 14.4. The van der Waals surface area contributed by atoms with E-state index in [4.69, 9.17) is 10.5 Å². The van der Waals surface area contributed by atoms with Gasteiger partial charge in [0.2, 0.25) is 0 Å². The molecule has 0 aliphatic heterocycles. The molecule has 2 atom stereocenters. The van der Waals surface area contributed by atoms with Crippen LogP contribution in [0.25, 0.3) is 0 Å². The van der Waals surface area contributed by atoms with E-state index >= 15 is 0 Å². The van der Waals surface area contributed by atoms with Gasteiger partial charge in [-0.25, -0.2) is 0 Å². The van der Waals surface area contributed by atoms with Crippen LogP contribution in [-0.4, -0.2) is 31.1 Å². The molecule has 0 bridgehead atoms. The highest BCUT2D eigenvalue weighted by atomic mass is 16.5. The maximum atomic E-state index is 6.91. The molecule has 21 heavy (non-hydrogen) atoms. The van der Waals surface area contributed by atoms with Crippen LogP contribution >= 0.6 is 0 Å². The Morgan fingerprint density at radius 1 is 1.14 bits per heavy atom. The van der Waals surface area contributed by atoms with Crippen LogP contribution in [0.5, 0.6) is 5.75 Å². The Hall–Kier alpha value is -1.06. The summed E-state index contributed by atoms with van der Waals surface area (Å²) < 4.78 is 5.26. The first-order valence-corrected chi connectivity index (χ1v) is 8.20. The van der Waals surface area contributed by atoms with E-state index in [-0.39, 0.29) is 5.54 Å². The topological polar surface area (TPSA) is 38.5 Å². The van der Waals surface area contributed by atoms with Crippen molar-refractivity contribution in [2.75, 3.05) is 20.2 Å². The lowest BCUT2D eigenvalue weighted by Gasteiger charge is -2.42. The second-order valence-corrected chi connectivity index (χ2v) is 5.77. The van der Waals surface area contributed by atoms with Gasteiger partial charge in [0.1, 0.15) is 5.75 Å². The monoisotopic (exact) mass is 292 g/mol. The SMILES string of the molecule is CCCCC(N)(c1ccc(OC)cc1)C(C)N(CC)CC. The van der Waals surface area contributed by atoms with Crippen molar-refractivity contribution in [3.8, 4) is 5.75 Å². The fourth-order valence-corrected chi connectivity index (χ4v) is 3.06. The van der Waals surface area contributed by atoms with E-state index in [2.05, 4.69) is 44.7 Å². The largest absolute Gasteiger partial charge is 0.497 e. The molecule has 0 saturated heterocycles. The third-order valence-electron chi connectivity index (χ3n) is 4.68. The summed E-state index contributed by atoms with van der Waals surface area (Å²) in [5.41, 5.74) is 7.80. The molecule has 0 saturated carbocycles. The predicted molar refractivity (Wildman–Crippen MR) is 90.8 cm³/mol. The van der Waals surface area contributed by atoms with Gasteiger partial charge in [0.15, 0.2) is 0 Å². The van der Waals surface area contributed by atoms with Crippen LogP contribution in [0.1, 0.15) is 52.5 Å². The summed E-state index contributed by atoms with van der Waals surface area (Å²) in [4.78, 5) is 2.44. The van der Waals surface area contributed by atoms with E-state index in [0.717, 1.165) is 31.7 Å². The molecule has 0 fully saturated rings. The van der Waals surface area contributed by atoms with Crippen molar-refractivity contribution in [1.82, 2.24) is 4.90 Å². The Morgan fingerprint density at radius 2 is 1.71 bits per heavy atom. The molecule has 0 spiro atoms. The Labute approximate surface area is 130 Å². The van der Waals surface area contributed by atoms with Crippen LogP contribution in [-0.2, 0) is 5.54 Å². The van der Waals surface area contributed by atoms with Gasteiger partial charge in [-0.1, -0.05) is 45.7 Å². The molecule has 1 aromatic rings. The second-order valence-electron chi connectivity index (χ2n) is 5.77. The van der Waals surface area contributed by atoms with Crippen molar-refractivity contribution >= 4 is 0 Å². The molecule has 1 rings (SSSR count). The number of ether oxygens (including phenoxy) is 1. The Bertz CT molecular complexity index is 400. The van der Waals surface area contributed by atoms with Crippen molar-refractivity contribution in [3.63, 3.8) is 0 Å². The van der Waals surface area contributed by atoms with Crippen LogP contribution in [0.4, 0.5) is 0 Å². The summed E-state index contributed by atoms with van der Waals surface area (Å²) in [6.45, 7) is 10.9. The standard InChI is InChI=1S/C18H32N2O/c1-6-9-14-18(19,15(4)20(7-2)8-3)16-10-12-17(21-5)13-11-16/h10-13,15H,6-9,14,19H2,1-5H3. The summed E-state index contributed by atoms with van der Waals surface area (Å²) in [6.07, 6.45) is 3.32. The smallest absolute Gasteiger partial charge is 0.118 e. The highest BCUT2D eigenvalue weighted by molar-refractivity contribution is 5.33. The third-order valence-corrected chi connectivity index (χ3v) is 4.68. The summed E-state index contributed by atoms with van der Waals surface area (Å²) in [5, 5.41) is 0. The van der Waals surface area contributed by atoms with Gasteiger partial charge in [0.25, 0.3) is 0 Å². The number of hydrogen-bond acceptors (Lipinski definition) is 3. The summed E-state index contributed by atoms with van der Waals surface area (Å²) in [7, 11) is 1.69. The van der Waals surface area contributed by atoms with Gasteiger partial charge in [-0.05, 0) is 44.1 Å². The van der Waals surface area contributed by atoms with Crippen molar-refractivity contribution in [2.24, 2.45) is 5.73 Å². The highest BCUT2D eigenvalue weighted by Crippen LogP contribution is 2.32. The fourth-order valence-electron chi connectivity index (χ4n) is 3.06. The van der Waals surface area contributed by atoms with Crippen LogP contribution in [0, 0.1) is 0 Å². The van der Waals surface area contributed by atoms with Crippen molar-refractivity contribution in [1.29, 1.82) is 0 Å². The molecule has 120 valence electrons. The first-order valence-electron chi connectivity index (χ1n) is 8.20.